The first kappa shape index (κ1) is 11.8. The van der Waals surface area contributed by atoms with Crippen LogP contribution in [0.15, 0.2) is 18.6 Å². The second kappa shape index (κ2) is 3.99. The molecule has 0 aliphatic carbocycles. The van der Waals surface area contributed by atoms with E-state index >= 15 is 0 Å². The first-order chi connectivity index (χ1) is 7.88. The lowest BCUT2D eigenvalue weighted by molar-refractivity contribution is -0.137. The highest BCUT2D eigenvalue weighted by molar-refractivity contribution is 6.32. The van der Waals surface area contributed by atoms with Crippen molar-refractivity contribution in [2.24, 2.45) is 0 Å². The van der Waals surface area contributed by atoms with Gasteiger partial charge in [0.1, 0.15) is 12.2 Å². The molecule has 8 heteroatoms. The first-order valence-corrected chi connectivity index (χ1v) is 4.87. The Kier molecular flexibility index (Phi) is 2.78. The van der Waals surface area contributed by atoms with Crippen LogP contribution in [0, 0.1) is 6.92 Å². The van der Waals surface area contributed by atoms with Crippen LogP contribution in [0.3, 0.4) is 0 Å². The fourth-order valence-corrected chi connectivity index (χ4v) is 1.46. The van der Waals surface area contributed by atoms with Crippen LogP contribution in [-0.2, 0) is 6.18 Å². The fraction of sp³-hybridized carbons (Fsp3) is 0.222. The van der Waals surface area contributed by atoms with Gasteiger partial charge in [0.2, 0.25) is 0 Å². The summed E-state index contributed by atoms with van der Waals surface area (Å²) in [7, 11) is 0. The molecule has 0 spiro atoms. The number of halogens is 4. The molecule has 90 valence electrons. The summed E-state index contributed by atoms with van der Waals surface area (Å²) in [6, 6.07) is 0.806. The molecule has 4 nitrogen and oxygen atoms in total. The number of pyridine rings is 1. The van der Waals surface area contributed by atoms with Crippen LogP contribution in [-0.4, -0.2) is 19.7 Å². The lowest BCUT2D eigenvalue weighted by Gasteiger charge is -2.08. The Bertz CT molecular complexity index is 549. The molecule has 0 fully saturated rings. The Morgan fingerprint density at radius 1 is 1.29 bits per heavy atom. The molecule has 0 aromatic carbocycles. The molecule has 0 atom stereocenters. The SMILES string of the molecule is Cc1ncn(-c2ncc(C(F)(F)F)cc2Cl)n1. The summed E-state index contributed by atoms with van der Waals surface area (Å²) in [5.74, 6) is 0.586. The summed E-state index contributed by atoms with van der Waals surface area (Å²) in [4.78, 5) is 7.47. The molecule has 0 saturated carbocycles. The summed E-state index contributed by atoms with van der Waals surface area (Å²) in [5.41, 5.74) is -0.900. The highest BCUT2D eigenvalue weighted by Gasteiger charge is 2.31. The van der Waals surface area contributed by atoms with Crippen molar-refractivity contribution >= 4 is 11.6 Å². The van der Waals surface area contributed by atoms with E-state index < -0.39 is 11.7 Å². The highest BCUT2D eigenvalue weighted by atomic mass is 35.5. The molecule has 17 heavy (non-hydrogen) atoms. The van der Waals surface area contributed by atoms with E-state index in [1.165, 1.54) is 11.0 Å². The average Bonchev–Trinajstić information content (AvgIpc) is 2.63. The van der Waals surface area contributed by atoms with Crippen molar-refractivity contribution in [2.45, 2.75) is 13.1 Å². The molecule has 2 aromatic heterocycles. The van der Waals surface area contributed by atoms with Gasteiger partial charge >= 0.3 is 6.18 Å². The molecule has 2 rings (SSSR count). The predicted octanol–water partition coefficient (Wildman–Crippen LogP) is 2.64. The highest BCUT2D eigenvalue weighted by Crippen LogP contribution is 2.31. The molecule has 0 amide bonds. The Hall–Kier alpha value is -1.63. The molecular formula is C9H6ClF3N4. The van der Waals surface area contributed by atoms with Gasteiger partial charge in [-0.1, -0.05) is 11.6 Å². The van der Waals surface area contributed by atoms with Gasteiger partial charge < -0.3 is 0 Å². The van der Waals surface area contributed by atoms with Gasteiger partial charge in [-0.3, -0.25) is 0 Å². The molecule has 0 aliphatic heterocycles. The van der Waals surface area contributed by atoms with Gasteiger partial charge in [-0.25, -0.2) is 14.6 Å². The second-order valence-electron chi connectivity index (χ2n) is 3.26. The van der Waals surface area contributed by atoms with E-state index in [0.717, 1.165) is 6.07 Å². The zero-order valence-corrected chi connectivity index (χ0v) is 9.29. The minimum absolute atomic E-state index is 0.111. The van der Waals surface area contributed by atoms with Crippen LogP contribution in [0.2, 0.25) is 5.02 Å². The molecule has 0 N–H and O–H groups in total. The van der Waals surface area contributed by atoms with Gasteiger partial charge in [-0.2, -0.15) is 18.3 Å². The Balaban J connectivity index is 2.45. The number of hydrogen-bond acceptors (Lipinski definition) is 3. The lowest BCUT2D eigenvalue weighted by Crippen LogP contribution is -2.08. The van der Waals surface area contributed by atoms with Crippen molar-refractivity contribution in [1.29, 1.82) is 0 Å². The van der Waals surface area contributed by atoms with Gasteiger partial charge in [0.15, 0.2) is 5.82 Å². The third-order valence-corrected chi connectivity index (χ3v) is 2.25. The van der Waals surface area contributed by atoms with Crippen molar-refractivity contribution < 1.29 is 13.2 Å². The van der Waals surface area contributed by atoms with Crippen LogP contribution >= 0.6 is 11.6 Å². The van der Waals surface area contributed by atoms with Gasteiger partial charge in [0.05, 0.1) is 10.6 Å². The van der Waals surface area contributed by atoms with E-state index in [4.69, 9.17) is 11.6 Å². The zero-order chi connectivity index (χ0) is 12.6. The maximum Gasteiger partial charge on any atom is 0.417 e. The smallest absolute Gasteiger partial charge is 0.235 e. The molecule has 2 heterocycles. The predicted molar refractivity (Wildman–Crippen MR) is 53.9 cm³/mol. The van der Waals surface area contributed by atoms with E-state index in [1.807, 2.05) is 0 Å². The van der Waals surface area contributed by atoms with Crippen LogP contribution in [0.25, 0.3) is 5.82 Å². The van der Waals surface area contributed by atoms with Crippen molar-refractivity contribution in [2.75, 3.05) is 0 Å². The third kappa shape index (κ3) is 2.38. The summed E-state index contributed by atoms with van der Waals surface area (Å²) in [6.07, 6.45) is -2.43. The summed E-state index contributed by atoms with van der Waals surface area (Å²) in [6.45, 7) is 1.65. The molecule has 2 aromatic rings. The Morgan fingerprint density at radius 2 is 2.00 bits per heavy atom. The monoisotopic (exact) mass is 262 g/mol. The quantitative estimate of drug-likeness (QED) is 0.793. The standard InChI is InChI=1S/C9H6ClF3N4/c1-5-15-4-17(16-5)8-7(10)2-6(3-14-8)9(11,12)13/h2-4H,1H3. The first-order valence-electron chi connectivity index (χ1n) is 4.49. The van der Waals surface area contributed by atoms with Crippen molar-refractivity contribution in [3.8, 4) is 5.82 Å². The van der Waals surface area contributed by atoms with Gasteiger partial charge in [-0.05, 0) is 13.0 Å². The fourth-order valence-electron chi connectivity index (χ4n) is 1.20. The maximum absolute atomic E-state index is 12.4. The largest absolute Gasteiger partial charge is 0.417 e. The van der Waals surface area contributed by atoms with E-state index in [2.05, 4.69) is 15.1 Å². The van der Waals surface area contributed by atoms with Gasteiger partial charge in [-0.15, -0.1) is 0 Å². The summed E-state index contributed by atoms with van der Waals surface area (Å²) < 4.78 is 38.3. The third-order valence-electron chi connectivity index (χ3n) is 1.97. The normalized spacial score (nSPS) is 11.8. The molecule has 0 aliphatic rings. The Labute approximate surface area is 99.1 Å². The van der Waals surface area contributed by atoms with Gasteiger partial charge in [0.25, 0.3) is 0 Å². The maximum atomic E-state index is 12.4. The minimum atomic E-state index is -4.46. The molecule has 0 radical (unpaired) electrons. The van der Waals surface area contributed by atoms with E-state index in [1.54, 1.807) is 6.92 Å². The number of hydrogen-bond donors (Lipinski definition) is 0. The van der Waals surface area contributed by atoms with Crippen LogP contribution < -0.4 is 0 Å². The lowest BCUT2D eigenvalue weighted by atomic mass is 10.3. The molecule has 0 saturated heterocycles. The summed E-state index contributed by atoms with van der Waals surface area (Å²) in [5, 5.41) is 3.78. The van der Waals surface area contributed by atoms with Crippen molar-refractivity contribution in [3.63, 3.8) is 0 Å². The van der Waals surface area contributed by atoms with Crippen LogP contribution in [0.5, 0.6) is 0 Å². The van der Waals surface area contributed by atoms with Crippen LogP contribution in [0.1, 0.15) is 11.4 Å². The van der Waals surface area contributed by atoms with E-state index in [0.29, 0.717) is 12.0 Å². The van der Waals surface area contributed by atoms with Gasteiger partial charge in [0, 0.05) is 6.20 Å². The van der Waals surface area contributed by atoms with E-state index in [-0.39, 0.29) is 10.8 Å². The van der Waals surface area contributed by atoms with Crippen molar-refractivity contribution in [1.82, 2.24) is 19.7 Å². The molecular weight excluding hydrogens is 257 g/mol. The number of rotatable bonds is 1. The number of nitrogens with zero attached hydrogens (tertiary/aromatic N) is 4. The topological polar surface area (TPSA) is 43.6 Å². The van der Waals surface area contributed by atoms with E-state index in [9.17, 15) is 13.2 Å². The molecule has 0 unspecified atom stereocenters. The minimum Gasteiger partial charge on any atom is -0.235 e. The number of aryl methyl sites for hydroxylation is 1. The second-order valence-corrected chi connectivity index (χ2v) is 3.67. The van der Waals surface area contributed by atoms with Crippen molar-refractivity contribution in [3.05, 3.63) is 35.0 Å². The summed E-state index contributed by atoms with van der Waals surface area (Å²) >= 11 is 5.73. The number of aromatic nitrogens is 4. The zero-order valence-electron chi connectivity index (χ0n) is 8.53. The average molecular weight is 263 g/mol. The molecule has 0 bridgehead atoms. The number of alkyl halides is 3. The Morgan fingerprint density at radius 3 is 2.47 bits per heavy atom. The van der Waals surface area contributed by atoms with Crippen LogP contribution in [0.4, 0.5) is 13.2 Å².